The average Bonchev–Trinajstić information content (AvgIpc) is 3.44. The Balaban J connectivity index is 1.05. The predicted molar refractivity (Wildman–Crippen MR) is 294 cm³/mol. The normalized spacial score (nSPS) is 11.2. The molecule has 0 amide bonds. The molecule has 0 atom stereocenters. The van der Waals surface area contributed by atoms with Gasteiger partial charge in [0.25, 0.3) is 0 Å². The Labute approximate surface area is 404 Å². The molecular weight excluding hydrogens is 831 g/mol. The number of nitrogens with zero attached hydrogens (tertiary/aromatic N) is 1. The maximum atomic E-state index is 2.45. The van der Waals surface area contributed by atoms with Gasteiger partial charge >= 0.3 is 0 Å². The molecule has 12 rings (SSSR count). The second kappa shape index (κ2) is 18.3. The van der Waals surface area contributed by atoms with Gasteiger partial charge in [-0.3, -0.25) is 0 Å². The minimum atomic E-state index is 1.07. The van der Waals surface area contributed by atoms with Crippen LogP contribution >= 0.6 is 0 Å². The van der Waals surface area contributed by atoms with Gasteiger partial charge in [-0.15, -0.1) is 0 Å². The molecule has 1 nitrogen and oxygen atoms in total. The summed E-state index contributed by atoms with van der Waals surface area (Å²) in [7, 11) is 0. The van der Waals surface area contributed by atoms with E-state index in [1.807, 2.05) is 0 Å². The van der Waals surface area contributed by atoms with Crippen LogP contribution in [0, 0.1) is 0 Å². The highest BCUT2D eigenvalue weighted by atomic mass is 15.1. The van der Waals surface area contributed by atoms with Crippen molar-refractivity contribution in [2.24, 2.45) is 0 Å². The lowest BCUT2D eigenvalue weighted by molar-refractivity contribution is 1.28. The van der Waals surface area contributed by atoms with Crippen LogP contribution in [0.25, 0.3) is 99.4 Å². The van der Waals surface area contributed by atoms with Crippen LogP contribution < -0.4 is 4.90 Å². The number of anilines is 3. The molecule has 0 radical (unpaired) electrons. The molecule has 0 saturated carbocycles. The minimum absolute atomic E-state index is 1.07. The highest BCUT2D eigenvalue weighted by molar-refractivity contribution is 6.22. The van der Waals surface area contributed by atoms with Crippen molar-refractivity contribution in [3.63, 3.8) is 0 Å². The monoisotopic (exact) mass is 877 g/mol. The number of rotatable bonds is 10. The summed E-state index contributed by atoms with van der Waals surface area (Å²) in [4.78, 5) is 2.45. The highest BCUT2D eigenvalue weighted by Gasteiger charge is 2.22. The van der Waals surface area contributed by atoms with Crippen molar-refractivity contribution in [2.75, 3.05) is 4.90 Å². The summed E-state index contributed by atoms with van der Waals surface area (Å²) in [6, 6.07) is 104. The molecule has 0 aliphatic carbocycles. The van der Waals surface area contributed by atoms with Gasteiger partial charge in [-0.25, -0.2) is 0 Å². The second-order valence-corrected chi connectivity index (χ2v) is 17.6. The molecular formula is C68H47N. The molecule has 0 unspecified atom stereocenters. The molecule has 0 aliphatic rings. The molecule has 12 aromatic carbocycles. The van der Waals surface area contributed by atoms with Crippen molar-refractivity contribution >= 4 is 38.6 Å². The zero-order valence-corrected chi connectivity index (χ0v) is 38.1. The Morgan fingerprint density at radius 3 is 1.09 bits per heavy atom. The lowest BCUT2D eigenvalue weighted by atomic mass is 9.84. The molecule has 0 N–H and O–H groups in total. The first-order valence-corrected chi connectivity index (χ1v) is 23.7. The van der Waals surface area contributed by atoms with E-state index in [0.29, 0.717) is 0 Å². The number of fused-ring (bicyclic) bond motifs is 3. The lowest BCUT2D eigenvalue weighted by Gasteiger charge is -2.29. The highest BCUT2D eigenvalue weighted by Crippen LogP contribution is 2.48. The third-order valence-corrected chi connectivity index (χ3v) is 13.4. The van der Waals surface area contributed by atoms with E-state index in [9.17, 15) is 0 Å². The van der Waals surface area contributed by atoms with E-state index in [4.69, 9.17) is 0 Å². The van der Waals surface area contributed by atoms with E-state index >= 15 is 0 Å². The van der Waals surface area contributed by atoms with Gasteiger partial charge in [0.1, 0.15) is 0 Å². The maximum absolute atomic E-state index is 2.45. The number of hydrogen-bond acceptors (Lipinski definition) is 1. The van der Waals surface area contributed by atoms with Crippen LogP contribution in [0.15, 0.2) is 285 Å². The molecule has 0 aliphatic heterocycles. The summed E-state index contributed by atoms with van der Waals surface area (Å²) >= 11 is 0. The van der Waals surface area contributed by atoms with Crippen LogP contribution in [0.5, 0.6) is 0 Å². The molecule has 1 heteroatoms. The zero-order valence-electron chi connectivity index (χ0n) is 38.1. The second-order valence-electron chi connectivity index (χ2n) is 17.6. The predicted octanol–water partition coefficient (Wildman–Crippen LogP) is 19.1. The summed E-state index contributed by atoms with van der Waals surface area (Å²) in [5, 5.41) is 4.98. The first-order chi connectivity index (χ1) is 34.2. The lowest BCUT2D eigenvalue weighted by Crippen LogP contribution is -2.12. The Morgan fingerprint density at radius 1 is 0.188 bits per heavy atom. The van der Waals surface area contributed by atoms with Crippen molar-refractivity contribution in [2.45, 2.75) is 0 Å². The smallest absolute Gasteiger partial charge is 0.0540 e. The standard InChI is InChI=1S/C68H47N/c1-7-21-48(22-8-1)56-38-42-66(64(46-56)52-27-13-4-14-28-52)69(60-44-57(49-23-9-2-10-24-49)43-58(45-60)50-25-11-3-12-26-50)59-39-35-51(36-40-59)55-37-41-63-65(47-55)61-33-19-20-34-62(61)67(53-29-15-5-16-30-53)68(63)54-31-17-6-18-32-54/h1-47H. The van der Waals surface area contributed by atoms with E-state index in [0.717, 1.165) is 44.9 Å². The van der Waals surface area contributed by atoms with Crippen LogP contribution in [0.1, 0.15) is 0 Å². The van der Waals surface area contributed by atoms with Crippen molar-refractivity contribution in [3.8, 4) is 77.9 Å². The van der Waals surface area contributed by atoms with Crippen LogP contribution in [0.4, 0.5) is 17.1 Å². The number of benzene rings is 12. The summed E-state index contributed by atoms with van der Waals surface area (Å²) in [5.74, 6) is 0. The largest absolute Gasteiger partial charge is 0.310 e. The quantitative estimate of drug-likeness (QED) is 0.124. The molecule has 0 heterocycles. The zero-order chi connectivity index (χ0) is 45.9. The molecule has 324 valence electrons. The molecule has 0 saturated heterocycles. The van der Waals surface area contributed by atoms with Crippen LogP contribution in [0.2, 0.25) is 0 Å². The topological polar surface area (TPSA) is 3.24 Å². The first kappa shape index (κ1) is 41.4. The van der Waals surface area contributed by atoms with Crippen molar-refractivity contribution in [1.29, 1.82) is 0 Å². The van der Waals surface area contributed by atoms with E-state index < -0.39 is 0 Å². The molecule has 69 heavy (non-hydrogen) atoms. The van der Waals surface area contributed by atoms with Crippen LogP contribution in [-0.2, 0) is 0 Å². The van der Waals surface area contributed by atoms with Crippen molar-refractivity contribution in [3.05, 3.63) is 285 Å². The molecule has 0 aromatic heterocycles. The Hall–Kier alpha value is -9.04. The fourth-order valence-corrected chi connectivity index (χ4v) is 10.1. The molecule has 0 fully saturated rings. The van der Waals surface area contributed by atoms with Gasteiger partial charge in [-0.2, -0.15) is 0 Å². The Morgan fingerprint density at radius 2 is 0.565 bits per heavy atom. The molecule has 0 bridgehead atoms. The van der Waals surface area contributed by atoms with E-state index in [1.54, 1.807) is 0 Å². The van der Waals surface area contributed by atoms with Crippen LogP contribution in [-0.4, -0.2) is 0 Å². The van der Waals surface area contributed by atoms with E-state index in [2.05, 4.69) is 290 Å². The Bertz CT molecular complexity index is 3660. The average molecular weight is 878 g/mol. The third-order valence-electron chi connectivity index (χ3n) is 13.4. The van der Waals surface area contributed by atoms with Gasteiger partial charge < -0.3 is 4.90 Å². The van der Waals surface area contributed by atoms with Gasteiger partial charge in [0, 0.05) is 16.9 Å². The molecule has 0 spiro atoms. The maximum Gasteiger partial charge on any atom is 0.0540 e. The van der Waals surface area contributed by atoms with Gasteiger partial charge in [0.2, 0.25) is 0 Å². The summed E-state index contributed by atoms with van der Waals surface area (Å²) in [5.41, 5.74) is 19.8. The SMILES string of the molecule is c1ccc(-c2cc(-c3ccccc3)cc(N(c3ccc(-c4ccc5c(-c6ccccc6)c(-c6ccccc6)c6ccccc6c5c4)cc3)c3ccc(-c4ccccc4)cc3-c3ccccc3)c2)cc1. The van der Waals surface area contributed by atoms with Gasteiger partial charge in [0.15, 0.2) is 0 Å². The first-order valence-electron chi connectivity index (χ1n) is 23.7. The number of hydrogen-bond donors (Lipinski definition) is 0. The van der Waals surface area contributed by atoms with Crippen molar-refractivity contribution < 1.29 is 0 Å². The minimum Gasteiger partial charge on any atom is -0.310 e. The third kappa shape index (κ3) is 8.07. The Kier molecular flexibility index (Phi) is 11.0. The van der Waals surface area contributed by atoms with Crippen molar-refractivity contribution in [1.82, 2.24) is 0 Å². The summed E-state index contributed by atoms with van der Waals surface area (Å²) in [6.07, 6.45) is 0. The van der Waals surface area contributed by atoms with E-state index in [1.165, 1.54) is 71.6 Å². The van der Waals surface area contributed by atoms with Gasteiger partial charge in [-0.1, -0.05) is 237 Å². The fraction of sp³-hybridized carbons (Fsp3) is 0. The summed E-state index contributed by atoms with van der Waals surface area (Å²) < 4.78 is 0. The fourth-order valence-electron chi connectivity index (χ4n) is 10.1. The molecule has 12 aromatic rings. The van der Waals surface area contributed by atoms with E-state index in [-0.39, 0.29) is 0 Å². The summed E-state index contributed by atoms with van der Waals surface area (Å²) in [6.45, 7) is 0. The van der Waals surface area contributed by atoms with Gasteiger partial charge in [-0.05, 0) is 142 Å². The van der Waals surface area contributed by atoms with Gasteiger partial charge in [0.05, 0.1) is 5.69 Å². The van der Waals surface area contributed by atoms with Crippen LogP contribution in [0.3, 0.4) is 0 Å².